The first-order valence-electron chi connectivity index (χ1n) is 6.45. The lowest BCUT2D eigenvalue weighted by Gasteiger charge is -2.03. The zero-order valence-corrected chi connectivity index (χ0v) is 13.0. The van der Waals surface area contributed by atoms with Gasteiger partial charge in [-0.25, -0.2) is 0 Å². The number of nitrogens with one attached hydrogen (secondary N) is 1. The van der Waals surface area contributed by atoms with E-state index in [-0.39, 0.29) is 6.04 Å². The molecule has 0 saturated heterocycles. The van der Waals surface area contributed by atoms with Crippen LogP contribution >= 0.6 is 22.7 Å². The zero-order valence-electron chi connectivity index (χ0n) is 11.4. The number of fused-ring (bicyclic) bond motifs is 1. The van der Waals surface area contributed by atoms with Crippen molar-refractivity contribution in [3.63, 3.8) is 0 Å². The van der Waals surface area contributed by atoms with E-state index in [0.717, 1.165) is 27.3 Å². The highest BCUT2D eigenvalue weighted by molar-refractivity contribution is 7.20. The van der Waals surface area contributed by atoms with Gasteiger partial charge in [-0.1, -0.05) is 0 Å². The van der Waals surface area contributed by atoms with Crippen molar-refractivity contribution < 1.29 is 0 Å². The van der Waals surface area contributed by atoms with Crippen LogP contribution in [0.5, 0.6) is 0 Å². The third kappa shape index (κ3) is 2.54. The van der Waals surface area contributed by atoms with E-state index < -0.39 is 0 Å². The molecule has 0 aliphatic carbocycles. The first kappa shape index (κ1) is 13.5. The molecule has 3 aromatic heterocycles. The van der Waals surface area contributed by atoms with Gasteiger partial charge in [-0.3, -0.25) is 0 Å². The summed E-state index contributed by atoms with van der Waals surface area (Å²) in [7, 11) is 0. The molecule has 3 rings (SSSR count). The molecule has 0 spiro atoms. The quantitative estimate of drug-likeness (QED) is 0.771. The van der Waals surface area contributed by atoms with Gasteiger partial charge in [0.15, 0.2) is 0 Å². The monoisotopic (exact) mass is 304 g/mol. The van der Waals surface area contributed by atoms with Crippen LogP contribution in [-0.2, 0) is 6.42 Å². The summed E-state index contributed by atoms with van der Waals surface area (Å²) in [6.07, 6.45) is 2.67. The van der Waals surface area contributed by atoms with Crippen LogP contribution in [0.1, 0.15) is 17.4 Å². The molecular weight excluding hydrogens is 288 g/mol. The van der Waals surface area contributed by atoms with E-state index >= 15 is 0 Å². The normalized spacial score (nSPS) is 12.8. The molecule has 3 aromatic rings. The molecule has 4 nitrogen and oxygen atoms in total. The highest BCUT2D eigenvalue weighted by Gasteiger charge is 2.14. The van der Waals surface area contributed by atoms with Gasteiger partial charge in [-0.2, -0.15) is 5.10 Å². The van der Waals surface area contributed by atoms with E-state index in [2.05, 4.69) is 33.9 Å². The molecule has 104 valence electrons. The summed E-state index contributed by atoms with van der Waals surface area (Å²) >= 11 is 3.43. The van der Waals surface area contributed by atoms with Crippen LogP contribution in [0, 0.1) is 6.92 Å². The van der Waals surface area contributed by atoms with Crippen molar-refractivity contribution in [1.82, 2.24) is 10.2 Å². The van der Waals surface area contributed by atoms with Crippen molar-refractivity contribution in [3.8, 4) is 0 Å². The highest BCUT2D eigenvalue weighted by Crippen LogP contribution is 2.36. The maximum Gasteiger partial charge on any atom is 0.109 e. The maximum absolute atomic E-state index is 5.92. The average Bonchev–Trinajstić information content (AvgIpc) is 3.00. The Morgan fingerprint density at radius 2 is 2.30 bits per heavy atom. The topological polar surface area (TPSA) is 63.8 Å². The van der Waals surface area contributed by atoms with Crippen LogP contribution in [0.2, 0.25) is 0 Å². The fourth-order valence-corrected chi connectivity index (χ4v) is 4.09. The molecule has 1 atom stereocenters. The fourth-order valence-electron chi connectivity index (χ4n) is 2.11. The van der Waals surface area contributed by atoms with Gasteiger partial charge < -0.3 is 11.1 Å². The van der Waals surface area contributed by atoms with Crippen LogP contribution in [0.3, 0.4) is 0 Å². The molecule has 0 aliphatic heterocycles. The van der Waals surface area contributed by atoms with Crippen LogP contribution in [0.15, 0.2) is 23.7 Å². The van der Waals surface area contributed by atoms with Crippen molar-refractivity contribution in [2.24, 2.45) is 5.73 Å². The lowest BCUT2D eigenvalue weighted by atomic mass is 10.1. The van der Waals surface area contributed by atoms with Gasteiger partial charge in [0.05, 0.1) is 21.6 Å². The van der Waals surface area contributed by atoms with Crippen molar-refractivity contribution in [1.29, 1.82) is 0 Å². The van der Waals surface area contributed by atoms with Crippen molar-refractivity contribution in [2.75, 3.05) is 5.32 Å². The first-order chi connectivity index (χ1) is 9.65. The summed E-state index contributed by atoms with van der Waals surface area (Å²) in [6, 6.07) is 4.24. The predicted molar refractivity (Wildman–Crippen MR) is 87.1 cm³/mol. The molecule has 3 N–H and O–H groups in total. The molecule has 0 aliphatic rings. The van der Waals surface area contributed by atoms with Gasteiger partial charge in [-0.05, 0) is 43.3 Å². The standard InChI is InChI=1S/C14H16N4S2/c1-8(15)6-11-9(2)13-14(20-11)10(7-16-18-13)17-12-4-3-5-19-12/h3-5,7-8H,6,15H2,1-2H3,(H,17,18)/t8-/m0/s1. The van der Waals surface area contributed by atoms with Gasteiger partial charge >= 0.3 is 0 Å². The lowest BCUT2D eigenvalue weighted by molar-refractivity contribution is 0.744. The van der Waals surface area contributed by atoms with E-state index in [4.69, 9.17) is 5.73 Å². The Morgan fingerprint density at radius 1 is 1.45 bits per heavy atom. The molecular formula is C14H16N4S2. The second-order valence-corrected chi connectivity index (χ2v) is 6.92. The molecule has 3 heterocycles. The van der Waals surface area contributed by atoms with Crippen molar-refractivity contribution in [3.05, 3.63) is 34.2 Å². The SMILES string of the molecule is Cc1c(C[C@H](C)N)sc2c(Nc3cccs3)cnnc12. The number of hydrogen-bond donors (Lipinski definition) is 2. The fraction of sp³-hybridized carbons (Fsp3) is 0.286. The van der Waals surface area contributed by atoms with Gasteiger partial charge in [0.25, 0.3) is 0 Å². The van der Waals surface area contributed by atoms with Crippen molar-refractivity contribution >= 4 is 43.6 Å². The Bertz CT molecular complexity index is 716. The second-order valence-electron chi connectivity index (χ2n) is 4.87. The van der Waals surface area contributed by atoms with E-state index in [1.54, 1.807) is 28.9 Å². The van der Waals surface area contributed by atoms with Crippen molar-refractivity contribution in [2.45, 2.75) is 26.3 Å². The Kier molecular flexibility index (Phi) is 3.69. The third-order valence-corrected chi connectivity index (χ3v) is 5.21. The van der Waals surface area contributed by atoms with Crippen LogP contribution in [0.25, 0.3) is 10.2 Å². The van der Waals surface area contributed by atoms with Gasteiger partial charge in [0, 0.05) is 10.9 Å². The summed E-state index contributed by atoms with van der Waals surface area (Å²) in [4.78, 5) is 1.30. The smallest absolute Gasteiger partial charge is 0.109 e. The number of hydrogen-bond acceptors (Lipinski definition) is 6. The molecule has 0 bridgehead atoms. The van der Waals surface area contributed by atoms with E-state index in [9.17, 15) is 0 Å². The average molecular weight is 304 g/mol. The van der Waals surface area contributed by atoms with Gasteiger partial charge in [0.1, 0.15) is 5.52 Å². The number of rotatable bonds is 4. The number of nitrogens with two attached hydrogens (primary N) is 1. The van der Waals surface area contributed by atoms with E-state index in [0.29, 0.717) is 0 Å². The minimum atomic E-state index is 0.156. The Hall–Kier alpha value is -1.50. The summed E-state index contributed by atoms with van der Waals surface area (Å²) in [5, 5.41) is 15.0. The molecule has 0 fully saturated rings. The summed E-state index contributed by atoms with van der Waals surface area (Å²) in [5.41, 5.74) is 9.11. The van der Waals surface area contributed by atoms with E-state index in [1.807, 2.05) is 13.0 Å². The molecule has 6 heteroatoms. The largest absolute Gasteiger partial charge is 0.345 e. The Morgan fingerprint density at radius 3 is 3.00 bits per heavy atom. The third-order valence-electron chi connectivity index (χ3n) is 3.09. The Balaban J connectivity index is 2.05. The summed E-state index contributed by atoms with van der Waals surface area (Å²) in [5.74, 6) is 0. The number of thiophene rings is 2. The summed E-state index contributed by atoms with van der Waals surface area (Å²) < 4.78 is 1.15. The number of aromatic nitrogens is 2. The molecule has 20 heavy (non-hydrogen) atoms. The van der Waals surface area contributed by atoms with E-state index in [1.165, 1.54) is 10.4 Å². The second kappa shape index (κ2) is 5.47. The molecule has 0 saturated carbocycles. The zero-order chi connectivity index (χ0) is 14.1. The lowest BCUT2D eigenvalue weighted by Crippen LogP contribution is -2.17. The molecule has 0 unspecified atom stereocenters. The molecule has 0 radical (unpaired) electrons. The molecule has 0 aromatic carbocycles. The minimum absolute atomic E-state index is 0.156. The number of aryl methyl sites for hydroxylation is 1. The molecule has 0 amide bonds. The van der Waals surface area contributed by atoms with Crippen LogP contribution < -0.4 is 11.1 Å². The predicted octanol–water partition coefficient (Wildman–Crippen LogP) is 3.69. The highest BCUT2D eigenvalue weighted by atomic mass is 32.1. The maximum atomic E-state index is 5.92. The van der Waals surface area contributed by atoms with Gasteiger partial charge in [-0.15, -0.1) is 27.8 Å². The Labute approximate surface area is 125 Å². The minimum Gasteiger partial charge on any atom is -0.345 e. The van der Waals surface area contributed by atoms with Crippen LogP contribution in [0.4, 0.5) is 10.7 Å². The summed E-state index contributed by atoms with van der Waals surface area (Å²) in [6.45, 7) is 4.13. The number of anilines is 2. The first-order valence-corrected chi connectivity index (χ1v) is 8.14. The van der Waals surface area contributed by atoms with Gasteiger partial charge in [0.2, 0.25) is 0 Å². The number of nitrogens with zero attached hydrogens (tertiary/aromatic N) is 2. The van der Waals surface area contributed by atoms with Crippen LogP contribution in [-0.4, -0.2) is 16.2 Å².